The molecule has 0 unspecified atom stereocenters. The maximum absolute atomic E-state index is 13.2. The second kappa shape index (κ2) is 8.26. The van der Waals surface area contributed by atoms with Gasteiger partial charge in [-0.2, -0.15) is 17.9 Å². The zero-order chi connectivity index (χ0) is 25.8. The molecule has 2 heterocycles. The Morgan fingerprint density at radius 3 is 2.22 bits per heavy atom. The molecule has 1 aliphatic rings. The number of methoxy groups -OCH3 is 1. The molecule has 4 aromatic rings. The van der Waals surface area contributed by atoms with E-state index in [0.717, 1.165) is 17.0 Å². The summed E-state index contributed by atoms with van der Waals surface area (Å²) in [6.07, 6.45) is -3.38. The first-order valence-electron chi connectivity index (χ1n) is 10.7. The van der Waals surface area contributed by atoms with Gasteiger partial charge in [0.2, 0.25) is 0 Å². The van der Waals surface area contributed by atoms with E-state index in [4.69, 9.17) is 9.47 Å². The Labute approximate surface area is 202 Å². The van der Waals surface area contributed by atoms with Crippen molar-refractivity contribution < 1.29 is 37.0 Å². The number of hydrogen-bond donors (Lipinski definition) is 0. The molecule has 5 rings (SSSR count). The number of aromatic nitrogens is 1. The number of amides is 2. The number of carbonyl (C=O) groups is 2. The molecule has 1 aromatic heterocycles. The highest BCUT2D eigenvalue weighted by Crippen LogP contribution is 2.45. The first-order valence-corrected chi connectivity index (χ1v) is 10.7. The molecular formula is C26H17F3N2O5. The zero-order valence-corrected chi connectivity index (χ0v) is 18.9. The molecule has 0 N–H and O–H groups in total. The molecule has 1 aliphatic heterocycles. The van der Waals surface area contributed by atoms with Gasteiger partial charge in [-0.25, -0.2) is 4.90 Å². The number of anilines is 1. The number of ether oxygens (including phenoxy) is 2. The van der Waals surface area contributed by atoms with E-state index in [0.29, 0.717) is 10.3 Å². The van der Waals surface area contributed by atoms with Crippen molar-refractivity contribution in [2.24, 2.45) is 0 Å². The van der Waals surface area contributed by atoms with E-state index in [2.05, 4.69) is 0 Å². The third-order valence-corrected chi connectivity index (χ3v) is 5.91. The Bertz CT molecular complexity index is 1530. The van der Waals surface area contributed by atoms with Crippen molar-refractivity contribution in [3.05, 3.63) is 94.3 Å². The summed E-state index contributed by atoms with van der Waals surface area (Å²) >= 11 is 0. The van der Waals surface area contributed by atoms with Crippen molar-refractivity contribution in [1.29, 1.82) is 0 Å². The van der Waals surface area contributed by atoms with Gasteiger partial charge in [-0.15, -0.1) is 0 Å². The van der Waals surface area contributed by atoms with Crippen LogP contribution in [0, 0.1) is 12.1 Å². The van der Waals surface area contributed by atoms with Crippen molar-refractivity contribution in [2.75, 3.05) is 12.0 Å². The van der Waals surface area contributed by atoms with Gasteiger partial charge in [0.25, 0.3) is 17.3 Å². The second-order valence-corrected chi connectivity index (χ2v) is 8.09. The molecule has 0 saturated heterocycles. The molecule has 2 amide bonds. The van der Waals surface area contributed by atoms with Crippen LogP contribution in [0.15, 0.2) is 66.9 Å². The third kappa shape index (κ3) is 3.58. The number of imide groups is 1. The fourth-order valence-corrected chi connectivity index (χ4v) is 4.23. The lowest BCUT2D eigenvalue weighted by atomic mass is 10.1. The van der Waals surface area contributed by atoms with Gasteiger partial charge >= 0.3 is 6.18 Å². The minimum Gasteiger partial charge on any atom is -0.618 e. The number of carbonyl (C=O) groups excluding carboxylic acids is 2. The maximum atomic E-state index is 13.2. The summed E-state index contributed by atoms with van der Waals surface area (Å²) in [5, 5.41) is 13.2. The first kappa shape index (κ1) is 23.2. The summed E-state index contributed by atoms with van der Waals surface area (Å²) in [5.74, 6) is -1.40. The molecule has 0 atom stereocenters. The third-order valence-electron chi connectivity index (χ3n) is 5.91. The van der Waals surface area contributed by atoms with Crippen LogP contribution >= 0.6 is 0 Å². The molecule has 7 nitrogen and oxygen atoms in total. The number of benzene rings is 3. The van der Waals surface area contributed by atoms with Crippen LogP contribution in [0.1, 0.15) is 31.8 Å². The quantitative estimate of drug-likeness (QED) is 0.216. The highest BCUT2D eigenvalue weighted by atomic mass is 19.4. The van der Waals surface area contributed by atoms with Gasteiger partial charge in [-0.3, -0.25) is 9.59 Å². The summed E-state index contributed by atoms with van der Waals surface area (Å²) in [7, 11) is 1.30. The second-order valence-electron chi connectivity index (χ2n) is 8.09. The maximum Gasteiger partial charge on any atom is 0.416 e. The Hall–Kier alpha value is -4.60. The summed E-state index contributed by atoms with van der Waals surface area (Å²) in [5.41, 5.74) is -0.152. The van der Waals surface area contributed by atoms with Gasteiger partial charge in [-0.05, 0) is 42.8 Å². The van der Waals surface area contributed by atoms with E-state index in [9.17, 15) is 28.0 Å². The molecule has 10 heteroatoms. The van der Waals surface area contributed by atoms with Crippen molar-refractivity contribution >= 4 is 28.4 Å². The van der Waals surface area contributed by atoms with E-state index in [1.54, 1.807) is 19.1 Å². The summed E-state index contributed by atoms with van der Waals surface area (Å²) < 4.78 is 51.5. The average molecular weight is 494 g/mol. The standard InChI is InChI=1S/C26H17F3N2O5/c1-14-10-11-30(34)22-19(31-24(32)17-8-3-4-9-18(17)25(31)33)13-20(35-2)23(21(14)22)36-16-7-5-6-15(12-16)26(27,28)29/h3-13H,1-2H3. The first-order chi connectivity index (χ1) is 17.1. The van der Waals surface area contributed by atoms with Crippen LogP contribution in [0.5, 0.6) is 17.2 Å². The lowest BCUT2D eigenvalue weighted by molar-refractivity contribution is -0.576. The van der Waals surface area contributed by atoms with Gasteiger partial charge in [0.05, 0.1) is 29.2 Å². The van der Waals surface area contributed by atoms with E-state index < -0.39 is 23.6 Å². The summed E-state index contributed by atoms with van der Waals surface area (Å²) in [6.45, 7) is 1.66. The predicted molar refractivity (Wildman–Crippen MR) is 123 cm³/mol. The van der Waals surface area contributed by atoms with E-state index >= 15 is 0 Å². The number of nitrogens with zero attached hydrogens (tertiary/aromatic N) is 2. The molecule has 0 spiro atoms. The fourth-order valence-electron chi connectivity index (χ4n) is 4.23. The van der Waals surface area contributed by atoms with Crippen LogP contribution < -0.4 is 19.1 Å². The SMILES string of the molecule is COc1cc(N2C(=O)c3ccccc3C2=O)c2c(c(C)cc[n+]2[O-])c1Oc1cccc(C(F)(F)F)c1. The van der Waals surface area contributed by atoms with Crippen LogP contribution in [0.2, 0.25) is 0 Å². The van der Waals surface area contributed by atoms with Gasteiger partial charge < -0.3 is 14.7 Å². The smallest absolute Gasteiger partial charge is 0.416 e. The number of rotatable bonds is 4. The molecule has 0 aliphatic carbocycles. The van der Waals surface area contributed by atoms with Crippen LogP contribution in [-0.2, 0) is 6.18 Å². The van der Waals surface area contributed by atoms with Crippen LogP contribution in [0.25, 0.3) is 10.9 Å². The normalized spacial score (nSPS) is 13.3. The van der Waals surface area contributed by atoms with Gasteiger partial charge in [0, 0.05) is 12.1 Å². The summed E-state index contributed by atoms with van der Waals surface area (Å²) in [6, 6.07) is 13.3. The van der Waals surface area contributed by atoms with Gasteiger partial charge in [-0.1, -0.05) is 18.2 Å². The molecule has 182 valence electrons. The number of pyridine rings is 1. The monoisotopic (exact) mass is 494 g/mol. The largest absolute Gasteiger partial charge is 0.618 e. The highest BCUT2D eigenvalue weighted by molar-refractivity contribution is 6.36. The number of halogens is 3. The molecule has 0 fully saturated rings. The van der Waals surface area contributed by atoms with Crippen LogP contribution in [0.4, 0.5) is 18.9 Å². The van der Waals surface area contributed by atoms with E-state index in [1.807, 2.05) is 0 Å². The summed E-state index contributed by atoms with van der Waals surface area (Å²) in [4.78, 5) is 27.2. The molecule has 0 bridgehead atoms. The van der Waals surface area contributed by atoms with Crippen molar-refractivity contribution in [3.8, 4) is 17.2 Å². The Morgan fingerprint density at radius 2 is 1.61 bits per heavy atom. The Balaban J connectivity index is 1.74. The Kier molecular flexibility index (Phi) is 5.31. The van der Waals surface area contributed by atoms with Gasteiger partial charge in [0.1, 0.15) is 11.4 Å². The lowest BCUT2D eigenvalue weighted by Crippen LogP contribution is -2.34. The molecule has 36 heavy (non-hydrogen) atoms. The van der Waals surface area contributed by atoms with Crippen molar-refractivity contribution in [1.82, 2.24) is 0 Å². The minimum atomic E-state index is -4.59. The minimum absolute atomic E-state index is 0.0146. The van der Waals surface area contributed by atoms with Crippen LogP contribution in [0.3, 0.4) is 0 Å². The molecular weight excluding hydrogens is 477 g/mol. The fraction of sp³-hybridized carbons (Fsp3) is 0.115. The van der Waals surface area contributed by atoms with Crippen molar-refractivity contribution in [3.63, 3.8) is 0 Å². The molecule has 3 aromatic carbocycles. The van der Waals surface area contributed by atoms with Gasteiger partial charge in [0.15, 0.2) is 17.7 Å². The number of hydrogen-bond acceptors (Lipinski definition) is 5. The number of alkyl halides is 3. The lowest BCUT2D eigenvalue weighted by Gasteiger charge is -2.20. The van der Waals surface area contributed by atoms with Crippen molar-refractivity contribution in [2.45, 2.75) is 13.1 Å². The van der Waals surface area contributed by atoms with Crippen LogP contribution in [-0.4, -0.2) is 18.9 Å². The Morgan fingerprint density at radius 1 is 0.944 bits per heavy atom. The molecule has 0 saturated carbocycles. The topological polar surface area (TPSA) is 82.8 Å². The number of fused-ring (bicyclic) bond motifs is 2. The highest BCUT2D eigenvalue weighted by Gasteiger charge is 2.40. The zero-order valence-electron chi connectivity index (χ0n) is 18.9. The predicted octanol–water partition coefficient (Wildman–Crippen LogP) is 5.40. The van der Waals surface area contributed by atoms with E-state index in [-0.39, 0.29) is 45.0 Å². The number of aryl methyl sites for hydroxylation is 1. The molecule has 0 radical (unpaired) electrons. The van der Waals surface area contributed by atoms with E-state index in [1.165, 1.54) is 49.7 Å². The average Bonchev–Trinajstić information content (AvgIpc) is 3.11.